The highest BCUT2D eigenvalue weighted by atomic mass is 19.1. The smallest absolute Gasteiger partial charge is 0.429 e. The quantitative estimate of drug-likeness (QED) is 0.835. The Morgan fingerprint density at radius 2 is 1.92 bits per heavy atom. The first-order chi connectivity index (χ1) is 11.2. The van der Waals surface area contributed by atoms with Crippen molar-refractivity contribution in [3.8, 4) is 0 Å². The largest absolute Gasteiger partial charge is 0.442 e. The van der Waals surface area contributed by atoms with Gasteiger partial charge in [0.15, 0.2) is 0 Å². The fraction of sp³-hybridized carbons (Fsp3) is 0.526. The Labute approximate surface area is 141 Å². The predicted molar refractivity (Wildman–Crippen MR) is 91.4 cm³/mol. The van der Waals surface area contributed by atoms with E-state index < -0.39 is 11.3 Å². The first-order valence-corrected chi connectivity index (χ1v) is 8.45. The van der Waals surface area contributed by atoms with E-state index in [2.05, 4.69) is 0 Å². The summed E-state index contributed by atoms with van der Waals surface area (Å²) in [4.78, 5) is 12.8. The van der Waals surface area contributed by atoms with Crippen LogP contribution in [0.4, 0.5) is 9.18 Å². The summed E-state index contributed by atoms with van der Waals surface area (Å²) in [5, 5.41) is 2.69. The second-order valence-corrected chi connectivity index (χ2v) is 8.44. The molecule has 1 heterocycles. The molecule has 128 valence electrons. The summed E-state index contributed by atoms with van der Waals surface area (Å²) in [7, 11) is 0. The number of amides is 1. The van der Waals surface area contributed by atoms with Crippen molar-refractivity contribution in [2.45, 2.75) is 51.3 Å². The molecule has 1 amide bonds. The maximum atomic E-state index is 13.9. The molecule has 0 N–H and O–H groups in total. The molecule has 0 saturated heterocycles. The fourth-order valence-corrected chi connectivity index (χ4v) is 4.17. The van der Waals surface area contributed by atoms with Gasteiger partial charge >= 0.3 is 6.09 Å². The van der Waals surface area contributed by atoms with Gasteiger partial charge in [0.25, 0.3) is 0 Å². The minimum Gasteiger partial charge on any atom is -0.442 e. The van der Waals surface area contributed by atoms with E-state index in [9.17, 15) is 9.18 Å². The first-order valence-electron chi connectivity index (χ1n) is 8.45. The Morgan fingerprint density at radius 3 is 2.54 bits per heavy atom. The number of hydrogen-bond acceptors (Lipinski definition) is 2. The van der Waals surface area contributed by atoms with E-state index in [4.69, 9.17) is 4.74 Å². The molecule has 0 unspecified atom stereocenters. The van der Waals surface area contributed by atoms with Crippen molar-refractivity contribution in [1.82, 2.24) is 4.68 Å². The zero-order chi connectivity index (χ0) is 17.2. The molecule has 1 aromatic heterocycles. The second-order valence-electron chi connectivity index (χ2n) is 8.44. The van der Waals surface area contributed by atoms with Gasteiger partial charge in [-0.25, -0.2) is 14.2 Å². The summed E-state index contributed by atoms with van der Waals surface area (Å²) in [6, 6.07) is 9.88. The Balaban J connectivity index is 1.66. The molecule has 1 aromatic carbocycles. The molecule has 3 saturated carbocycles. The van der Waals surface area contributed by atoms with Crippen molar-refractivity contribution in [2.24, 2.45) is 5.41 Å². The van der Waals surface area contributed by atoms with E-state index in [1.807, 2.05) is 62.0 Å². The van der Waals surface area contributed by atoms with Gasteiger partial charge in [-0.2, -0.15) is 0 Å². The Bertz CT molecular complexity index is 785. The lowest BCUT2D eigenvalue weighted by Gasteiger charge is -2.66. The third-order valence-corrected chi connectivity index (χ3v) is 5.00. The van der Waals surface area contributed by atoms with Crippen LogP contribution in [-0.4, -0.2) is 28.6 Å². The SMILES string of the molecule is CC(C)(C)OC(=O)N(CC12CC(F)(C1)C2)n1ccc2ccccc21. The molecule has 5 rings (SSSR count). The van der Waals surface area contributed by atoms with Crippen LogP contribution >= 0.6 is 0 Å². The molecule has 0 aliphatic heterocycles. The number of ether oxygens (including phenoxy) is 1. The summed E-state index contributed by atoms with van der Waals surface area (Å²) in [5.74, 6) is 0. The number of halogens is 1. The number of nitrogens with zero attached hydrogens (tertiary/aromatic N) is 2. The van der Waals surface area contributed by atoms with Gasteiger partial charge in [0.2, 0.25) is 0 Å². The van der Waals surface area contributed by atoms with Gasteiger partial charge in [0.1, 0.15) is 11.3 Å². The normalized spacial score (nSPS) is 28.2. The van der Waals surface area contributed by atoms with E-state index >= 15 is 0 Å². The minimum atomic E-state index is -0.974. The minimum absolute atomic E-state index is 0.0863. The molecule has 4 nitrogen and oxygen atoms in total. The van der Waals surface area contributed by atoms with Crippen LogP contribution in [0.5, 0.6) is 0 Å². The van der Waals surface area contributed by atoms with E-state index in [0.29, 0.717) is 25.8 Å². The topological polar surface area (TPSA) is 34.5 Å². The van der Waals surface area contributed by atoms with Gasteiger partial charge in [0, 0.05) is 11.6 Å². The molecular weight excluding hydrogens is 307 g/mol. The standard InChI is InChI=1S/C19H23FN2O2/c1-17(2,3)24-16(23)22(13-18-10-19(20,11-18)12-18)21-9-8-14-6-4-5-7-15(14)21/h4-9H,10-13H2,1-3H3. The molecule has 0 atom stereocenters. The lowest BCUT2D eigenvalue weighted by Crippen LogP contribution is -2.69. The van der Waals surface area contributed by atoms with Crippen molar-refractivity contribution in [3.05, 3.63) is 36.5 Å². The zero-order valence-corrected chi connectivity index (χ0v) is 14.4. The lowest BCUT2D eigenvalue weighted by atomic mass is 9.42. The maximum absolute atomic E-state index is 13.9. The van der Waals surface area contributed by atoms with Crippen molar-refractivity contribution in [3.63, 3.8) is 0 Å². The molecule has 2 aromatic rings. The second kappa shape index (κ2) is 4.74. The van der Waals surface area contributed by atoms with E-state index in [0.717, 1.165) is 10.9 Å². The summed E-state index contributed by atoms with van der Waals surface area (Å²) < 4.78 is 21.3. The highest BCUT2D eigenvalue weighted by Gasteiger charge is 2.69. The van der Waals surface area contributed by atoms with Crippen LogP contribution in [0, 0.1) is 5.41 Å². The number of benzene rings is 1. The van der Waals surface area contributed by atoms with Crippen LogP contribution in [-0.2, 0) is 4.74 Å². The van der Waals surface area contributed by atoms with E-state index in [1.165, 1.54) is 0 Å². The highest BCUT2D eigenvalue weighted by Crippen LogP contribution is 2.69. The van der Waals surface area contributed by atoms with Crippen LogP contribution in [0.25, 0.3) is 10.9 Å². The third kappa shape index (κ3) is 2.46. The summed E-state index contributed by atoms with van der Waals surface area (Å²) >= 11 is 0. The summed E-state index contributed by atoms with van der Waals surface area (Å²) in [6.45, 7) is 6.06. The molecule has 3 aliphatic carbocycles. The van der Waals surface area contributed by atoms with Crippen LogP contribution < -0.4 is 5.01 Å². The van der Waals surface area contributed by atoms with Crippen molar-refractivity contribution >= 4 is 17.0 Å². The first kappa shape index (κ1) is 15.5. The van der Waals surface area contributed by atoms with Crippen molar-refractivity contribution < 1.29 is 13.9 Å². The number of carbonyl (C=O) groups is 1. The fourth-order valence-electron chi connectivity index (χ4n) is 4.17. The lowest BCUT2D eigenvalue weighted by molar-refractivity contribution is -0.207. The number of alkyl halides is 1. The van der Waals surface area contributed by atoms with Gasteiger partial charge in [-0.1, -0.05) is 18.2 Å². The van der Waals surface area contributed by atoms with Crippen LogP contribution in [0.3, 0.4) is 0 Å². The predicted octanol–water partition coefficient (Wildman–Crippen LogP) is 4.41. The zero-order valence-electron chi connectivity index (χ0n) is 14.4. The molecule has 5 heteroatoms. The van der Waals surface area contributed by atoms with Crippen molar-refractivity contribution in [1.29, 1.82) is 0 Å². The number of rotatable bonds is 3. The third-order valence-electron chi connectivity index (χ3n) is 5.00. The Kier molecular flexibility index (Phi) is 3.06. The average Bonchev–Trinajstić information content (AvgIpc) is 2.83. The summed E-state index contributed by atoms with van der Waals surface area (Å²) in [6.07, 6.45) is 3.15. The number of hydrogen-bond donors (Lipinski definition) is 0. The number of aromatic nitrogens is 1. The average molecular weight is 330 g/mol. The molecule has 0 radical (unpaired) electrons. The van der Waals surface area contributed by atoms with Gasteiger partial charge in [0.05, 0.1) is 12.1 Å². The molecule has 3 aliphatic rings. The van der Waals surface area contributed by atoms with Gasteiger partial charge in [-0.15, -0.1) is 0 Å². The highest BCUT2D eigenvalue weighted by molar-refractivity contribution is 5.85. The molecule has 24 heavy (non-hydrogen) atoms. The Morgan fingerprint density at radius 1 is 1.25 bits per heavy atom. The Hall–Kier alpha value is -2.04. The van der Waals surface area contributed by atoms with Crippen LogP contribution in [0.1, 0.15) is 40.0 Å². The van der Waals surface area contributed by atoms with Crippen LogP contribution in [0.2, 0.25) is 0 Å². The van der Waals surface area contributed by atoms with Crippen molar-refractivity contribution in [2.75, 3.05) is 11.6 Å². The number of para-hydroxylation sites is 1. The van der Waals surface area contributed by atoms with Gasteiger partial charge in [-0.3, -0.25) is 4.68 Å². The number of fused-ring (bicyclic) bond motifs is 1. The monoisotopic (exact) mass is 330 g/mol. The van der Waals surface area contributed by atoms with E-state index in [-0.39, 0.29) is 11.5 Å². The molecule has 3 fully saturated rings. The van der Waals surface area contributed by atoms with Crippen LogP contribution in [0.15, 0.2) is 36.5 Å². The maximum Gasteiger partial charge on any atom is 0.429 e. The molecule has 2 bridgehead atoms. The van der Waals surface area contributed by atoms with Gasteiger partial charge in [-0.05, 0) is 57.6 Å². The van der Waals surface area contributed by atoms with Gasteiger partial charge < -0.3 is 4.74 Å². The molecular formula is C19H23FN2O2. The summed E-state index contributed by atoms with van der Waals surface area (Å²) in [5.41, 5.74) is -0.682. The number of carbonyl (C=O) groups excluding carboxylic acids is 1. The van der Waals surface area contributed by atoms with E-state index in [1.54, 1.807) is 5.01 Å². The molecule has 0 spiro atoms.